The number of nitrogens with zero attached hydrogens (tertiary/aromatic N) is 3. The number of rotatable bonds is 6. The lowest BCUT2D eigenvalue weighted by Crippen LogP contribution is -2.14. The van der Waals surface area contributed by atoms with Crippen LogP contribution in [0, 0.1) is 15.9 Å². The molecule has 0 atom stereocenters. The fourth-order valence-electron chi connectivity index (χ4n) is 2.24. The summed E-state index contributed by atoms with van der Waals surface area (Å²) in [5, 5.41) is 27.4. The van der Waals surface area contributed by atoms with Crippen LogP contribution in [0.3, 0.4) is 0 Å². The Morgan fingerprint density at radius 2 is 2.11 bits per heavy atom. The summed E-state index contributed by atoms with van der Waals surface area (Å²) in [5.41, 5.74) is -0.293. The zero-order chi connectivity index (χ0) is 20.3. The van der Waals surface area contributed by atoms with Crippen molar-refractivity contribution in [1.82, 2.24) is 9.78 Å². The van der Waals surface area contributed by atoms with E-state index in [2.05, 4.69) is 10.4 Å². The second-order valence-electron chi connectivity index (χ2n) is 5.50. The van der Waals surface area contributed by atoms with Crippen LogP contribution in [0.1, 0.15) is 10.5 Å². The molecule has 0 fully saturated rings. The first-order chi connectivity index (χ1) is 13.3. The average molecular weight is 407 g/mol. The molecule has 0 saturated carbocycles. The number of ether oxygens (including phenoxy) is 1. The predicted molar refractivity (Wildman–Crippen MR) is 97.0 cm³/mol. The van der Waals surface area contributed by atoms with Gasteiger partial charge in [0.2, 0.25) is 5.75 Å². The summed E-state index contributed by atoms with van der Waals surface area (Å²) in [7, 11) is 0. The van der Waals surface area contributed by atoms with Crippen LogP contribution in [0.15, 0.2) is 48.7 Å². The summed E-state index contributed by atoms with van der Waals surface area (Å²) in [6.07, 6.45) is 1.40. The molecule has 0 bridgehead atoms. The lowest BCUT2D eigenvalue weighted by Gasteiger charge is -2.07. The number of carbonyl (C=O) groups excluding carboxylic acids is 1. The van der Waals surface area contributed by atoms with Gasteiger partial charge in [-0.3, -0.25) is 14.9 Å². The van der Waals surface area contributed by atoms with Crippen molar-refractivity contribution < 1.29 is 24.0 Å². The molecule has 144 valence electrons. The van der Waals surface area contributed by atoms with Gasteiger partial charge >= 0.3 is 5.69 Å². The Hall–Kier alpha value is -3.66. The van der Waals surface area contributed by atoms with Gasteiger partial charge in [0.25, 0.3) is 5.91 Å². The Morgan fingerprint density at radius 3 is 2.86 bits per heavy atom. The van der Waals surface area contributed by atoms with Gasteiger partial charge in [-0.1, -0.05) is 11.6 Å². The van der Waals surface area contributed by atoms with Crippen molar-refractivity contribution in [2.24, 2.45) is 0 Å². The van der Waals surface area contributed by atoms with Crippen LogP contribution < -0.4 is 10.1 Å². The van der Waals surface area contributed by atoms with Gasteiger partial charge in [-0.15, -0.1) is 0 Å². The topological polar surface area (TPSA) is 120 Å². The molecule has 0 aliphatic carbocycles. The van der Waals surface area contributed by atoms with Crippen LogP contribution in [0.25, 0.3) is 0 Å². The maximum absolute atomic E-state index is 13.3. The second-order valence-corrected chi connectivity index (χ2v) is 5.94. The van der Waals surface area contributed by atoms with E-state index in [1.807, 2.05) is 0 Å². The van der Waals surface area contributed by atoms with Crippen LogP contribution in [0.5, 0.6) is 11.5 Å². The molecule has 1 heterocycles. The summed E-state index contributed by atoms with van der Waals surface area (Å²) in [5.74, 6) is -1.75. The predicted octanol–water partition coefficient (Wildman–Crippen LogP) is 3.58. The van der Waals surface area contributed by atoms with Crippen molar-refractivity contribution in [2.75, 3.05) is 5.32 Å². The highest BCUT2D eigenvalue weighted by Gasteiger charge is 2.17. The molecule has 2 aromatic carbocycles. The van der Waals surface area contributed by atoms with Crippen LogP contribution in [0.4, 0.5) is 15.8 Å². The molecule has 28 heavy (non-hydrogen) atoms. The molecule has 1 amide bonds. The molecule has 11 heteroatoms. The van der Waals surface area contributed by atoms with E-state index >= 15 is 0 Å². The molecule has 0 aliphatic rings. The maximum atomic E-state index is 13.3. The number of hydrogen-bond acceptors (Lipinski definition) is 6. The number of phenolic OH excluding ortho intramolecular Hbond substituents is 1. The molecule has 0 radical (unpaired) electrons. The SMILES string of the molecule is O=C(Nc1cc(Cl)ccc1O)c1ccn(COc2cc(F)ccc2[N+](=O)[O-])n1. The summed E-state index contributed by atoms with van der Waals surface area (Å²) >= 11 is 5.82. The summed E-state index contributed by atoms with van der Waals surface area (Å²) in [6, 6.07) is 8.37. The minimum Gasteiger partial charge on any atom is -0.506 e. The first kappa shape index (κ1) is 19.1. The average Bonchev–Trinajstić information content (AvgIpc) is 3.12. The summed E-state index contributed by atoms with van der Waals surface area (Å²) in [4.78, 5) is 22.5. The molecule has 0 saturated heterocycles. The summed E-state index contributed by atoms with van der Waals surface area (Å²) < 4.78 is 19.7. The van der Waals surface area contributed by atoms with E-state index in [0.717, 1.165) is 18.2 Å². The third kappa shape index (κ3) is 4.35. The van der Waals surface area contributed by atoms with Crippen molar-refractivity contribution >= 4 is 28.9 Å². The van der Waals surface area contributed by atoms with E-state index in [4.69, 9.17) is 16.3 Å². The van der Waals surface area contributed by atoms with Crippen molar-refractivity contribution in [3.05, 3.63) is 75.3 Å². The van der Waals surface area contributed by atoms with Crippen LogP contribution in [-0.4, -0.2) is 25.7 Å². The fraction of sp³-hybridized carbons (Fsp3) is 0.0588. The van der Waals surface area contributed by atoms with Crippen molar-refractivity contribution in [2.45, 2.75) is 6.73 Å². The number of nitro benzene ring substituents is 1. The van der Waals surface area contributed by atoms with Crippen LogP contribution in [0.2, 0.25) is 5.02 Å². The Labute approximate surface area is 162 Å². The lowest BCUT2D eigenvalue weighted by molar-refractivity contribution is -0.386. The molecule has 1 aromatic heterocycles. The normalized spacial score (nSPS) is 10.5. The molecule has 3 aromatic rings. The number of halogens is 2. The third-order valence-corrected chi connectivity index (χ3v) is 3.79. The lowest BCUT2D eigenvalue weighted by atomic mass is 10.3. The standard InChI is InChI=1S/C17H12ClFN4O5/c18-10-1-4-15(24)13(7-10)20-17(25)12-5-6-22(21-12)9-28-16-8-11(19)2-3-14(16)23(26)27/h1-8,24H,9H2,(H,20,25). The Bertz CT molecular complexity index is 1060. The first-order valence-electron chi connectivity index (χ1n) is 7.73. The largest absolute Gasteiger partial charge is 0.506 e. The van der Waals surface area contributed by atoms with Gasteiger partial charge in [-0.05, 0) is 30.3 Å². The second kappa shape index (κ2) is 7.92. The van der Waals surface area contributed by atoms with Gasteiger partial charge in [-0.25, -0.2) is 9.07 Å². The fourth-order valence-corrected chi connectivity index (χ4v) is 2.41. The molecule has 2 N–H and O–H groups in total. The van der Waals surface area contributed by atoms with Crippen LogP contribution in [-0.2, 0) is 6.73 Å². The molecule has 0 spiro atoms. The van der Waals surface area contributed by atoms with E-state index < -0.39 is 22.3 Å². The Kier molecular flexibility index (Phi) is 5.41. The first-order valence-corrected chi connectivity index (χ1v) is 8.11. The number of carbonyl (C=O) groups is 1. The van der Waals surface area contributed by atoms with E-state index in [-0.39, 0.29) is 29.6 Å². The zero-order valence-corrected chi connectivity index (χ0v) is 14.8. The minimum atomic E-state index is -0.700. The molecule has 0 unspecified atom stereocenters. The van der Waals surface area contributed by atoms with E-state index in [1.54, 1.807) is 0 Å². The highest BCUT2D eigenvalue weighted by Crippen LogP contribution is 2.28. The molecule has 3 rings (SSSR count). The van der Waals surface area contributed by atoms with E-state index in [0.29, 0.717) is 5.02 Å². The van der Waals surface area contributed by atoms with E-state index in [1.165, 1.54) is 35.1 Å². The number of nitrogens with one attached hydrogen (secondary N) is 1. The number of benzene rings is 2. The van der Waals surface area contributed by atoms with Crippen molar-refractivity contribution in [1.29, 1.82) is 0 Å². The number of nitro groups is 1. The van der Waals surface area contributed by atoms with Crippen molar-refractivity contribution in [3.8, 4) is 11.5 Å². The van der Waals surface area contributed by atoms with Gasteiger partial charge in [0.05, 0.1) is 10.6 Å². The highest BCUT2D eigenvalue weighted by molar-refractivity contribution is 6.31. The number of anilines is 1. The molecule has 9 nitrogen and oxygen atoms in total. The molecular formula is C17H12ClFN4O5. The smallest absolute Gasteiger partial charge is 0.311 e. The van der Waals surface area contributed by atoms with Gasteiger partial charge < -0.3 is 15.2 Å². The number of phenols is 1. The van der Waals surface area contributed by atoms with Gasteiger partial charge in [-0.2, -0.15) is 5.10 Å². The zero-order valence-electron chi connectivity index (χ0n) is 14.0. The number of amides is 1. The van der Waals surface area contributed by atoms with E-state index in [9.17, 15) is 24.4 Å². The highest BCUT2D eigenvalue weighted by atomic mass is 35.5. The molecule has 0 aliphatic heterocycles. The Morgan fingerprint density at radius 1 is 1.32 bits per heavy atom. The third-order valence-electron chi connectivity index (χ3n) is 3.55. The minimum absolute atomic E-state index is 0.00304. The number of aromatic nitrogens is 2. The monoisotopic (exact) mass is 406 g/mol. The summed E-state index contributed by atoms with van der Waals surface area (Å²) in [6.45, 7) is -0.292. The van der Waals surface area contributed by atoms with Crippen molar-refractivity contribution in [3.63, 3.8) is 0 Å². The van der Waals surface area contributed by atoms with Gasteiger partial charge in [0, 0.05) is 23.4 Å². The quantitative estimate of drug-likeness (QED) is 0.367. The maximum Gasteiger partial charge on any atom is 0.311 e. The van der Waals surface area contributed by atoms with Gasteiger partial charge in [0.1, 0.15) is 11.6 Å². The Balaban J connectivity index is 1.69. The van der Waals surface area contributed by atoms with Gasteiger partial charge in [0.15, 0.2) is 12.4 Å². The van der Waals surface area contributed by atoms with Crippen LogP contribution >= 0.6 is 11.6 Å². The number of hydrogen-bond donors (Lipinski definition) is 2. The number of aromatic hydroxyl groups is 1. The molecular weight excluding hydrogens is 395 g/mol.